The Kier molecular flexibility index (Phi) is 6.06. The van der Waals surface area contributed by atoms with Crippen LogP contribution >= 0.6 is 0 Å². The SMILES string of the molecule is COCCNc1ccnc([C@@H]2COCCN2Cc2ccccn2)n1. The maximum atomic E-state index is 5.66. The summed E-state index contributed by atoms with van der Waals surface area (Å²) < 4.78 is 10.7. The van der Waals surface area contributed by atoms with Crippen LogP contribution in [0.2, 0.25) is 0 Å². The summed E-state index contributed by atoms with van der Waals surface area (Å²) in [5, 5.41) is 3.24. The number of hydrogen-bond donors (Lipinski definition) is 1. The van der Waals surface area contributed by atoms with Crippen molar-refractivity contribution in [3.05, 3.63) is 48.2 Å². The molecule has 7 heteroatoms. The molecule has 1 N–H and O–H groups in total. The summed E-state index contributed by atoms with van der Waals surface area (Å²) in [6.45, 7) is 4.26. The van der Waals surface area contributed by atoms with Crippen molar-refractivity contribution in [2.24, 2.45) is 0 Å². The van der Waals surface area contributed by atoms with Crippen molar-refractivity contribution < 1.29 is 9.47 Å². The molecule has 0 radical (unpaired) electrons. The van der Waals surface area contributed by atoms with Crippen LogP contribution in [-0.2, 0) is 16.0 Å². The van der Waals surface area contributed by atoms with Crippen molar-refractivity contribution in [2.75, 3.05) is 45.3 Å². The van der Waals surface area contributed by atoms with Crippen LogP contribution in [0.25, 0.3) is 0 Å². The second-order valence-electron chi connectivity index (χ2n) is 5.60. The Balaban J connectivity index is 1.71. The summed E-state index contributed by atoms with van der Waals surface area (Å²) in [5.74, 6) is 1.58. The minimum Gasteiger partial charge on any atom is -0.383 e. The van der Waals surface area contributed by atoms with E-state index in [1.54, 1.807) is 13.3 Å². The van der Waals surface area contributed by atoms with E-state index in [0.717, 1.165) is 37.0 Å². The molecule has 0 aromatic carbocycles. The van der Waals surface area contributed by atoms with Gasteiger partial charge in [0.25, 0.3) is 0 Å². The maximum Gasteiger partial charge on any atom is 0.150 e. The summed E-state index contributed by atoms with van der Waals surface area (Å²) in [6.07, 6.45) is 3.60. The van der Waals surface area contributed by atoms with Crippen molar-refractivity contribution in [2.45, 2.75) is 12.6 Å². The number of rotatable bonds is 7. The Labute approximate surface area is 142 Å². The molecule has 0 amide bonds. The molecule has 0 spiro atoms. The van der Waals surface area contributed by atoms with E-state index in [0.29, 0.717) is 19.8 Å². The number of hydrogen-bond acceptors (Lipinski definition) is 7. The Morgan fingerprint density at radius 1 is 1.29 bits per heavy atom. The molecule has 1 aliphatic heterocycles. The van der Waals surface area contributed by atoms with Gasteiger partial charge in [-0.1, -0.05) is 6.07 Å². The molecular formula is C17H23N5O2. The summed E-state index contributed by atoms with van der Waals surface area (Å²) in [4.78, 5) is 15.8. The van der Waals surface area contributed by atoms with Gasteiger partial charge in [-0.15, -0.1) is 0 Å². The van der Waals surface area contributed by atoms with Gasteiger partial charge in [0.1, 0.15) is 11.6 Å². The molecule has 0 unspecified atom stereocenters. The molecule has 0 saturated carbocycles. The predicted octanol–water partition coefficient (Wildman–Crippen LogP) is 1.50. The van der Waals surface area contributed by atoms with Gasteiger partial charge in [0.15, 0.2) is 0 Å². The Bertz CT molecular complexity index is 625. The van der Waals surface area contributed by atoms with E-state index in [9.17, 15) is 0 Å². The van der Waals surface area contributed by atoms with Crippen LogP contribution in [0.5, 0.6) is 0 Å². The highest BCUT2D eigenvalue weighted by atomic mass is 16.5. The molecule has 2 aromatic heterocycles. The van der Waals surface area contributed by atoms with E-state index in [4.69, 9.17) is 9.47 Å². The van der Waals surface area contributed by atoms with Crippen molar-refractivity contribution in [1.29, 1.82) is 0 Å². The molecule has 0 bridgehead atoms. The van der Waals surface area contributed by atoms with Gasteiger partial charge in [0.2, 0.25) is 0 Å². The number of methoxy groups -OCH3 is 1. The van der Waals surface area contributed by atoms with Crippen molar-refractivity contribution >= 4 is 5.82 Å². The van der Waals surface area contributed by atoms with Gasteiger partial charge in [0.05, 0.1) is 31.6 Å². The highest BCUT2D eigenvalue weighted by Gasteiger charge is 2.27. The van der Waals surface area contributed by atoms with Crippen molar-refractivity contribution in [3.63, 3.8) is 0 Å². The number of nitrogens with one attached hydrogen (secondary N) is 1. The van der Waals surface area contributed by atoms with Crippen LogP contribution in [0, 0.1) is 0 Å². The number of pyridine rings is 1. The highest BCUT2D eigenvalue weighted by Crippen LogP contribution is 2.23. The van der Waals surface area contributed by atoms with Crippen LogP contribution in [-0.4, -0.2) is 59.9 Å². The third-order valence-corrected chi connectivity index (χ3v) is 3.92. The molecule has 1 saturated heterocycles. The van der Waals surface area contributed by atoms with E-state index >= 15 is 0 Å². The van der Waals surface area contributed by atoms with Gasteiger partial charge in [0, 0.05) is 39.1 Å². The molecule has 3 heterocycles. The zero-order chi connectivity index (χ0) is 16.6. The van der Waals surface area contributed by atoms with Crippen molar-refractivity contribution in [1.82, 2.24) is 19.9 Å². The van der Waals surface area contributed by atoms with Crippen LogP contribution in [0.3, 0.4) is 0 Å². The monoisotopic (exact) mass is 329 g/mol. The molecule has 1 fully saturated rings. The third-order valence-electron chi connectivity index (χ3n) is 3.92. The van der Waals surface area contributed by atoms with E-state index in [2.05, 4.69) is 25.2 Å². The van der Waals surface area contributed by atoms with Gasteiger partial charge in [-0.3, -0.25) is 9.88 Å². The van der Waals surface area contributed by atoms with E-state index in [1.807, 2.05) is 30.5 Å². The third kappa shape index (κ3) is 4.47. The topological polar surface area (TPSA) is 72.4 Å². The summed E-state index contributed by atoms with van der Waals surface area (Å²) >= 11 is 0. The Morgan fingerprint density at radius 3 is 3.08 bits per heavy atom. The number of anilines is 1. The molecule has 0 aliphatic carbocycles. The van der Waals surface area contributed by atoms with Crippen LogP contribution in [0.15, 0.2) is 36.7 Å². The molecule has 2 aromatic rings. The maximum absolute atomic E-state index is 5.66. The summed E-state index contributed by atoms with van der Waals surface area (Å²) in [6, 6.07) is 7.87. The fourth-order valence-corrected chi connectivity index (χ4v) is 2.68. The lowest BCUT2D eigenvalue weighted by molar-refractivity contribution is -0.0164. The van der Waals surface area contributed by atoms with Crippen LogP contribution < -0.4 is 5.32 Å². The average Bonchev–Trinajstić information content (AvgIpc) is 2.64. The first-order chi connectivity index (χ1) is 11.9. The fourth-order valence-electron chi connectivity index (χ4n) is 2.68. The Hall–Kier alpha value is -2.09. The molecule has 1 atom stereocenters. The normalized spacial score (nSPS) is 18.5. The average molecular weight is 329 g/mol. The summed E-state index contributed by atoms with van der Waals surface area (Å²) in [7, 11) is 1.68. The van der Waals surface area contributed by atoms with Crippen molar-refractivity contribution in [3.8, 4) is 0 Å². The standard InChI is InChI=1S/C17H23N5O2/c1-23-10-8-19-16-5-7-20-17(21-16)15-13-24-11-9-22(15)12-14-4-2-3-6-18-14/h2-7,15H,8-13H2,1H3,(H,19,20,21)/t15-/m0/s1. The van der Waals surface area contributed by atoms with Gasteiger partial charge in [-0.05, 0) is 18.2 Å². The number of morpholine rings is 1. The second-order valence-corrected chi connectivity index (χ2v) is 5.60. The zero-order valence-corrected chi connectivity index (χ0v) is 13.9. The predicted molar refractivity (Wildman–Crippen MR) is 90.6 cm³/mol. The first-order valence-corrected chi connectivity index (χ1v) is 8.14. The lowest BCUT2D eigenvalue weighted by Crippen LogP contribution is -2.40. The van der Waals surface area contributed by atoms with Crippen LogP contribution in [0.4, 0.5) is 5.82 Å². The molecule has 1 aliphatic rings. The number of aromatic nitrogens is 3. The summed E-state index contributed by atoms with van der Waals surface area (Å²) in [5.41, 5.74) is 1.04. The minimum atomic E-state index is 0.0323. The molecule has 7 nitrogen and oxygen atoms in total. The molecular weight excluding hydrogens is 306 g/mol. The largest absolute Gasteiger partial charge is 0.383 e. The minimum absolute atomic E-state index is 0.0323. The lowest BCUT2D eigenvalue weighted by atomic mass is 10.2. The molecule has 3 rings (SSSR count). The molecule has 24 heavy (non-hydrogen) atoms. The Morgan fingerprint density at radius 2 is 2.25 bits per heavy atom. The molecule has 128 valence electrons. The zero-order valence-electron chi connectivity index (χ0n) is 13.9. The van der Waals surface area contributed by atoms with E-state index < -0.39 is 0 Å². The number of ether oxygens (including phenoxy) is 2. The van der Waals surface area contributed by atoms with Gasteiger partial charge < -0.3 is 14.8 Å². The first-order valence-electron chi connectivity index (χ1n) is 8.14. The van der Waals surface area contributed by atoms with E-state index in [-0.39, 0.29) is 6.04 Å². The number of nitrogens with zero attached hydrogens (tertiary/aromatic N) is 4. The highest BCUT2D eigenvalue weighted by molar-refractivity contribution is 5.33. The van der Waals surface area contributed by atoms with E-state index in [1.165, 1.54) is 0 Å². The smallest absolute Gasteiger partial charge is 0.150 e. The first kappa shape index (κ1) is 16.8. The van der Waals surface area contributed by atoms with Gasteiger partial charge in [-0.2, -0.15) is 0 Å². The van der Waals surface area contributed by atoms with Crippen LogP contribution in [0.1, 0.15) is 17.6 Å². The fraction of sp³-hybridized carbons (Fsp3) is 0.471. The second kappa shape index (κ2) is 8.68. The lowest BCUT2D eigenvalue weighted by Gasteiger charge is -2.34. The van der Waals surface area contributed by atoms with Gasteiger partial charge >= 0.3 is 0 Å². The van der Waals surface area contributed by atoms with Gasteiger partial charge in [-0.25, -0.2) is 9.97 Å². The quantitative estimate of drug-likeness (QED) is 0.772.